The van der Waals surface area contributed by atoms with Gasteiger partial charge < -0.3 is 9.84 Å². The first kappa shape index (κ1) is 11.9. The van der Waals surface area contributed by atoms with Crippen molar-refractivity contribution >= 4 is 27.4 Å². The zero-order valence-corrected chi connectivity index (χ0v) is 10.8. The van der Waals surface area contributed by atoms with Crippen molar-refractivity contribution in [1.29, 1.82) is 0 Å². The van der Waals surface area contributed by atoms with E-state index in [0.717, 1.165) is 21.4 Å². The highest BCUT2D eigenvalue weighted by Gasteiger charge is 2.31. The van der Waals surface area contributed by atoms with Crippen molar-refractivity contribution < 1.29 is 14.6 Å². The van der Waals surface area contributed by atoms with Gasteiger partial charge in [0.05, 0.1) is 12.5 Å². The molecule has 0 unspecified atom stereocenters. The molecule has 1 N–H and O–H groups in total. The van der Waals surface area contributed by atoms with Gasteiger partial charge in [0, 0.05) is 10.1 Å². The van der Waals surface area contributed by atoms with Gasteiger partial charge in [-0.2, -0.15) is 0 Å². The van der Waals surface area contributed by atoms with Gasteiger partial charge in [0.1, 0.15) is 5.75 Å². The van der Waals surface area contributed by atoms with E-state index < -0.39 is 11.4 Å². The summed E-state index contributed by atoms with van der Waals surface area (Å²) in [4.78, 5) is 11.3. The molecular formula is C13H14O3S. The topological polar surface area (TPSA) is 46.5 Å². The summed E-state index contributed by atoms with van der Waals surface area (Å²) in [5.41, 5.74) is -0.0474. The van der Waals surface area contributed by atoms with Crippen molar-refractivity contribution in [2.75, 3.05) is 7.11 Å². The Morgan fingerprint density at radius 3 is 2.71 bits per heavy atom. The number of carboxylic acid groups (broad SMARTS) is 1. The summed E-state index contributed by atoms with van der Waals surface area (Å²) in [6, 6.07) is 5.74. The lowest BCUT2D eigenvalue weighted by Crippen LogP contribution is -2.28. The SMILES string of the molecule is COc1ccc2scc(C(C)(C)C(=O)O)c2c1. The van der Waals surface area contributed by atoms with Crippen LogP contribution >= 0.6 is 11.3 Å². The Kier molecular flexibility index (Phi) is 2.83. The molecule has 0 saturated heterocycles. The molecule has 0 saturated carbocycles. The number of thiophene rings is 1. The average Bonchev–Trinajstić information content (AvgIpc) is 2.71. The summed E-state index contributed by atoms with van der Waals surface area (Å²) in [7, 11) is 1.61. The number of benzene rings is 1. The zero-order valence-electron chi connectivity index (χ0n) is 9.98. The van der Waals surface area contributed by atoms with E-state index in [1.54, 1.807) is 32.3 Å². The molecule has 0 atom stereocenters. The first-order valence-corrected chi connectivity index (χ1v) is 6.14. The smallest absolute Gasteiger partial charge is 0.313 e. The molecule has 90 valence electrons. The zero-order chi connectivity index (χ0) is 12.6. The summed E-state index contributed by atoms with van der Waals surface area (Å²) < 4.78 is 6.26. The third kappa shape index (κ3) is 1.89. The van der Waals surface area contributed by atoms with E-state index >= 15 is 0 Å². The van der Waals surface area contributed by atoms with Gasteiger partial charge in [0.15, 0.2) is 0 Å². The lowest BCUT2D eigenvalue weighted by molar-refractivity contribution is -0.142. The van der Waals surface area contributed by atoms with E-state index in [1.807, 2.05) is 23.6 Å². The van der Waals surface area contributed by atoms with Gasteiger partial charge in [-0.1, -0.05) is 0 Å². The van der Waals surface area contributed by atoms with Crippen LogP contribution < -0.4 is 4.74 Å². The van der Waals surface area contributed by atoms with E-state index in [-0.39, 0.29) is 0 Å². The number of carboxylic acids is 1. The molecule has 3 nitrogen and oxygen atoms in total. The summed E-state index contributed by atoms with van der Waals surface area (Å²) in [6.07, 6.45) is 0. The fraction of sp³-hybridized carbons (Fsp3) is 0.308. The number of aliphatic carboxylic acids is 1. The highest BCUT2D eigenvalue weighted by atomic mass is 32.1. The Labute approximate surface area is 104 Å². The third-order valence-corrected chi connectivity index (χ3v) is 3.95. The van der Waals surface area contributed by atoms with Crippen molar-refractivity contribution in [1.82, 2.24) is 0 Å². The molecule has 0 aliphatic rings. The predicted molar refractivity (Wildman–Crippen MR) is 69.0 cm³/mol. The molecule has 0 fully saturated rings. The van der Waals surface area contributed by atoms with Gasteiger partial charge >= 0.3 is 5.97 Å². The van der Waals surface area contributed by atoms with Crippen LogP contribution in [-0.4, -0.2) is 18.2 Å². The molecule has 0 aliphatic carbocycles. The van der Waals surface area contributed by atoms with Crippen LogP contribution in [0.15, 0.2) is 23.6 Å². The quantitative estimate of drug-likeness (QED) is 0.909. The average molecular weight is 250 g/mol. The second kappa shape index (κ2) is 4.04. The Morgan fingerprint density at radius 2 is 2.12 bits per heavy atom. The maximum Gasteiger partial charge on any atom is 0.313 e. The summed E-state index contributed by atoms with van der Waals surface area (Å²) in [5, 5.41) is 12.1. The van der Waals surface area contributed by atoms with Gasteiger partial charge in [-0.3, -0.25) is 4.79 Å². The minimum absolute atomic E-state index is 0.748. The molecule has 0 aliphatic heterocycles. The summed E-state index contributed by atoms with van der Waals surface area (Å²) in [6.45, 7) is 3.44. The minimum Gasteiger partial charge on any atom is -0.497 e. The van der Waals surface area contributed by atoms with Crippen LogP contribution in [0, 0.1) is 0 Å². The molecule has 0 bridgehead atoms. The van der Waals surface area contributed by atoms with Crippen molar-refractivity contribution in [3.05, 3.63) is 29.1 Å². The van der Waals surface area contributed by atoms with Crippen LogP contribution in [0.2, 0.25) is 0 Å². The van der Waals surface area contributed by atoms with E-state index in [0.29, 0.717) is 0 Å². The fourth-order valence-corrected chi connectivity index (χ4v) is 2.84. The van der Waals surface area contributed by atoms with Crippen molar-refractivity contribution in [2.45, 2.75) is 19.3 Å². The number of rotatable bonds is 3. The second-order valence-electron chi connectivity index (χ2n) is 4.44. The Bertz CT molecular complexity index is 569. The monoisotopic (exact) mass is 250 g/mol. The molecule has 1 aromatic carbocycles. The van der Waals surface area contributed by atoms with E-state index in [2.05, 4.69) is 0 Å². The van der Waals surface area contributed by atoms with Crippen LogP contribution in [0.4, 0.5) is 0 Å². The lowest BCUT2D eigenvalue weighted by Gasteiger charge is -2.18. The molecule has 1 aromatic heterocycles. The number of methoxy groups -OCH3 is 1. The van der Waals surface area contributed by atoms with E-state index in [9.17, 15) is 9.90 Å². The molecule has 0 spiro atoms. The van der Waals surface area contributed by atoms with Crippen LogP contribution in [-0.2, 0) is 10.2 Å². The standard InChI is InChI=1S/C13H14O3S/c1-13(2,12(14)15)10-7-17-11-5-4-8(16-3)6-9(10)11/h4-7H,1-3H3,(H,14,15). The van der Waals surface area contributed by atoms with Crippen molar-refractivity contribution in [2.24, 2.45) is 0 Å². The second-order valence-corrected chi connectivity index (χ2v) is 5.35. The molecule has 2 aromatic rings. The van der Waals surface area contributed by atoms with Crippen LogP contribution in [0.3, 0.4) is 0 Å². The van der Waals surface area contributed by atoms with Crippen LogP contribution in [0.25, 0.3) is 10.1 Å². The third-order valence-electron chi connectivity index (χ3n) is 2.99. The Morgan fingerprint density at radius 1 is 1.41 bits per heavy atom. The number of carbonyl (C=O) groups is 1. The maximum atomic E-state index is 11.3. The van der Waals surface area contributed by atoms with E-state index in [4.69, 9.17) is 4.74 Å². The van der Waals surface area contributed by atoms with Gasteiger partial charge in [0.2, 0.25) is 0 Å². The van der Waals surface area contributed by atoms with Gasteiger partial charge in [-0.05, 0) is 43.0 Å². The number of fused-ring (bicyclic) bond motifs is 1. The van der Waals surface area contributed by atoms with Crippen LogP contribution in [0.5, 0.6) is 5.75 Å². The van der Waals surface area contributed by atoms with E-state index in [1.165, 1.54) is 0 Å². The molecule has 0 amide bonds. The molecular weight excluding hydrogens is 236 g/mol. The molecule has 2 rings (SSSR count). The van der Waals surface area contributed by atoms with Crippen LogP contribution in [0.1, 0.15) is 19.4 Å². The molecule has 4 heteroatoms. The fourth-order valence-electron chi connectivity index (χ4n) is 1.73. The van der Waals surface area contributed by atoms with Crippen molar-refractivity contribution in [3.8, 4) is 5.75 Å². The molecule has 1 heterocycles. The summed E-state index contributed by atoms with van der Waals surface area (Å²) in [5.74, 6) is -0.0710. The Hall–Kier alpha value is -1.55. The Balaban J connectivity index is 2.66. The normalized spacial score (nSPS) is 11.7. The lowest BCUT2D eigenvalue weighted by atomic mass is 9.84. The molecule has 17 heavy (non-hydrogen) atoms. The predicted octanol–water partition coefficient (Wildman–Crippen LogP) is 3.27. The highest BCUT2D eigenvalue weighted by Crippen LogP contribution is 2.36. The number of ether oxygens (including phenoxy) is 1. The number of hydrogen-bond donors (Lipinski definition) is 1. The minimum atomic E-state index is -0.884. The first-order chi connectivity index (χ1) is 7.96. The maximum absolute atomic E-state index is 11.3. The van der Waals surface area contributed by atoms with Gasteiger partial charge in [-0.25, -0.2) is 0 Å². The van der Waals surface area contributed by atoms with Gasteiger partial charge in [0.25, 0.3) is 0 Å². The molecule has 0 radical (unpaired) electrons. The number of hydrogen-bond acceptors (Lipinski definition) is 3. The highest BCUT2D eigenvalue weighted by molar-refractivity contribution is 7.17. The first-order valence-electron chi connectivity index (χ1n) is 5.26. The largest absolute Gasteiger partial charge is 0.497 e. The van der Waals surface area contributed by atoms with Gasteiger partial charge in [-0.15, -0.1) is 11.3 Å². The summed E-state index contributed by atoms with van der Waals surface area (Å²) >= 11 is 1.56. The van der Waals surface area contributed by atoms with Crippen molar-refractivity contribution in [3.63, 3.8) is 0 Å².